The lowest BCUT2D eigenvalue weighted by Crippen LogP contribution is -2.21. The van der Waals surface area contributed by atoms with Crippen molar-refractivity contribution in [1.29, 1.82) is 0 Å². The number of hydrogen-bond donors (Lipinski definition) is 0. The zero-order valence-electron chi connectivity index (χ0n) is 14.0. The van der Waals surface area contributed by atoms with Crippen LogP contribution in [0.2, 0.25) is 15.1 Å². The van der Waals surface area contributed by atoms with E-state index in [9.17, 15) is 0 Å². The third kappa shape index (κ3) is 5.10. The van der Waals surface area contributed by atoms with Crippen molar-refractivity contribution in [3.8, 4) is 5.75 Å². The van der Waals surface area contributed by atoms with Crippen LogP contribution >= 0.6 is 46.6 Å². The van der Waals surface area contributed by atoms with E-state index in [1.807, 2.05) is 55.6 Å². The van der Waals surface area contributed by atoms with Crippen LogP contribution in [0.3, 0.4) is 0 Å². The van der Waals surface area contributed by atoms with Gasteiger partial charge < -0.3 is 9.30 Å². The Labute approximate surface area is 172 Å². The van der Waals surface area contributed by atoms with E-state index in [0.29, 0.717) is 21.7 Å². The number of rotatable bonds is 7. The van der Waals surface area contributed by atoms with Gasteiger partial charge in [-0.05, 0) is 43.3 Å². The van der Waals surface area contributed by atoms with Crippen molar-refractivity contribution in [2.75, 3.05) is 6.61 Å². The van der Waals surface area contributed by atoms with Crippen LogP contribution in [0.1, 0.15) is 5.82 Å². The molecule has 3 aromatic rings. The Morgan fingerprint density at radius 2 is 1.77 bits per heavy atom. The molecule has 3 rings (SSSR count). The first-order chi connectivity index (χ1) is 12.5. The van der Waals surface area contributed by atoms with E-state index >= 15 is 0 Å². The maximum atomic E-state index is 6.34. The van der Waals surface area contributed by atoms with E-state index in [2.05, 4.69) is 9.55 Å². The highest BCUT2D eigenvalue weighted by Gasteiger charge is 2.17. The van der Waals surface area contributed by atoms with Gasteiger partial charge in [-0.15, -0.1) is 11.8 Å². The minimum atomic E-state index is 0.0935. The number of hydrogen-bond acceptors (Lipinski definition) is 3. The van der Waals surface area contributed by atoms with Gasteiger partial charge >= 0.3 is 0 Å². The average molecular weight is 428 g/mol. The summed E-state index contributed by atoms with van der Waals surface area (Å²) >= 11 is 20.2. The van der Waals surface area contributed by atoms with E-state index in [0.717, 1.165) is 23.0 Å². The Morgan fingerprint density at radius 3 is 2.38 bits per heavy atom. The lowest BCUT2D eigenvalue weighted by molar-refractivity contribution is 0.307. The Balaban J connectivity index is 1.77. The maximum Gasteiger partial charge on any atom is 0.119 e. The number of thioether (sulfide) groups is 1. The van der Waals surface area contributed by atoms with Crippen LogP contribution in [0.5, 0.6) is 5.75 Å². The van der Waals surface area contributed by atoms with Crippen molar-refractivity contribution in [2.45, 2.75) is 23.6 Å². The second-order valence-corrected chi connectivity index (χ2v) is 8.24. The summed E-state index contributed by atoms with van der Waals surface area (Å²) in [6, 6.07) is 12.9. The second kappa shape index (κ2) is 9.05. The number of nitrogens with zero attached hydrogens (tertiary/aromatic N) is 2. The molecule has 0 fully saturated rings. The monoisotopic (exact) mass is 426 g/mol. The van der Waals surface area contributed by atoms with Crippen LogP contribution in [-0.4, -0.2) is 21.4 Å². The first-order valence-electron chi connectivity index (χ1n) is 7.99. The largest absolute Gasteiger partial charge is 0.492 e. The van der Waals surface area contributed by atoms with E-state index in [1.54, 1.807) is 18.0 Å². The predicted molar refractivity (Wildman–Crippen MR) is 110 cm³/mol. The van der Waals surface area contributed by atoms with Gasteiger partial charge in [0.05, 0.1) is 15.3 Å². The lowest BCUT2D eigenvalue weighted by atomic mass is 10.3. The molecule has 1 atom stereocenters. The van der Waals surface area contributed by atoms with Crippen molar-refractivity contribution in [3.05, 3.63) is 75.8 Å². The summed E-state index contributed by atoms with van der Waals surface area (Å²) in [5.41, 5.74) is 0. The fourth-order valence-electron chi connectivity index (χ4n) is 2.42. The van der Waals surface area contributed by atoms with Gasteiger partial charge in [-0.3, -0.25) is 0 Å². The van der Waals surface area contributed by atoms with Gasteiger partial charge in [-0.25, -0.2) is 4.98 Å². The summed E-state index contributed by atoms with van der Waals surface area (Å²) in [5, 5.41) is 2.05. The van der Waals surface area contributed by atoms with Crippen molar-refractivity contribution < 1.29 is 4.74 Å². The topological polar surface area (TPSA) is 27.1 Å². The summed E-state index contributed by atoms with van der Waals surface area (Å²) in [6.45, 7) is 3.20. The van der Waals surface area contributed by atoms with Gasteiger partial charge in [0.25, 0.3) is 0 Å². The smallest absolute Gasteiger partial charge is 0.119 e. The van der Waals surface area contributed by atoms with Gasteiger partial charge in [0.2, 0.25) is 0 Å². The average Bonchev–Trinajstić information content (AvgIpc) is 3.02. The number of benzene rings is 2. The molecule has 0 saturated heterocycles. The van der Waals surface area contributed by atoms with Crippen molar-refractivity contribution in [1.82, 2.24) is 9.55 Å². The molecule has 0 radical (unpaired) electrons. The Kier molecular flexibility index (Phi) is 6.76. The molecule has 1 aromatic heterocycles. The molecule has 0 amide bonds. The van der Waals surface area contributed by atoms with Crippen LogP contribution in [0, 0.1) is 6.92 Å². The zero-order chi connectivity index (χ0) is 18.5. The minimum absolute atomic E-state index is 0.0935. The standard InChI is InChI=1S/C19H17Cl3N2OS/c1-13-23-9-10-24(13)11-16(12-25-15-7-5-14(20)6-8-15)26-19-17(21)3-2-4-18(19)22/h2-10,16H,11-12H2,1H3. The van der Waals surface area contributed by atoms with Crippen molar-refractivity contribution >= 4 is 46.6 Å². The highest BCUT2D eigenvalue weighted by atomic mass is 35.5. The summed E-state index contributed by atoms with van der Waals surface area (Å²) in [5.74, 6) is 1.72. The van der Waals surface area contributed by atoms with Crippen LogP contribution in [-0.2, 0) is 6.54 Å². The van der Waals surface area contributed by atoms with E-state index in [4.69, 9.17) is 39.5 Å². The quantitative estimate of drug-likeness (QED) is 0.409. The molecule has 7 heteroatoms. The molecule has 0 saturated carbocycles. The second-order valence-electron chi connectivity index (χ2n) is 5.68. The van der Waals surface area contributed by atoms with Crippen LogP contribution in [0.25, 0.3) is 0 Å². The van der Waals surface area contributed by atoms with Gasteiger partial charge in [-0.2, -0.15) is 0 Å². The Morgan fingerprint density at radius 1 is 1.08 bits per heavy atom. The first-order valence-corrected chi connectivity index (χ1v) is 10.0. The van der Waals surface area contributed by atoms with Crippen molar-refractivity contribution in [2.24, 2.45) is 0 Å². The number of halogens is 3. The molecule has 0 aliphatic rings. The fraction of sp³-hybridized carbons (Fsp3) is 0.211. The Bertz CT molecular complexity index is 847. The molecule has 3 nitrogen and oxygen atoms in total. The summed E-state index contributed by atoms with van der Waals surface area (Å²) in [4.78, 5) is 5.15. The first kappa shape index (κ1) is 19.4. The molecule has 0 aliphatic heterocycles. The molecule has 2 aromatic carbocycles. The summed E-state index contributed by atoms with van der Waals surface area (Å²) < 4.78 is 8.06. The van der Waals surface area contributed by atoms with Gasteiger partial charge in [0.1, 0.15) is 18.2 Å². The lowest BCUT2D eigenvalue weighted by Gasteiger charge is -2.20. The number of aryl methyl sites for hydroxylation is 1. The summed E-state index contributed by atoms with van der Waals surface area (Å²) in [6.07, 6.45) is 3.75. The van der Waals surface area contributed by atoms with Crippen LogP contribution in [0.4, 0.5) is 0 Å². The van der Waals surface area contributed by atoms with E-state index < -0.39 is 0 Å². The normalized spacial score (nSPS) is 12.2. The van der Waals surface area contributed by atoms with Gasteiger partial charge in [-0.1, -0.05) is 40.9 Å². The molecule has 0 N–H and O–H groups in total. The molecule has 0 bridgehead atoms. The van der Waals surface area contributed by atoms with Gasteiger partial charge in [0, 0.05) is 28.9 Å². The molecule has 0 spiro atoms. The number of imidazole rings is 1. The molecular formula is C19H17Cl3N2OS. The molecule has 136 valence electrons. The molecule has 1 unspecified atom stereocenters. The van der Waals surface area contributed by atoms with E-state index in [-0.39, 0.29) is 5.25 Å². The predicted octanol–water partition coefficient (Wildman–Crippen LogP) is 6.39. The Hall–Kier alpha value is -1.33. The third-order valence-corrected chi connectivity index (χ3v) is 6.18. The number of aromatic nitrogens is 2. The third-order valence-electron chi connectivity index (χ3n) is 3.78. The SMILES string of the molecule is Cc1nccn1CC(COc1ccc(Cl)cc1)Sc1c(Cl)cccc1Cl. The highest BCUT2D eigenvalue weighted by molar-refractivity contribution is 8.00. The highest BCUT2D eigenvalue weighted by Crippen LogP contribution is 2.37. The molecular weight excluding hydrogens is 411 g/mol. The van der Waals surface area contributed by atoms with Crippen molar-refractivity contribution in [3.63, 3.8) is 0 Å². The number of ether oxygens (including phenoxy) is 1. The fourth-order valence-corrected chi connectivity index (χ4v) is 4.28. The molecule has 26 heavy (non-hydrogen) atoms. The molecule has 1 heterocycles. The minimum Gasteiger partial charge on any atom is -0.492 e. The zero-order valence-corrected chi connectivity index (χ0v) is 17.1. The van der Waals surface area contributed by atoms with Crippen LogP contribution in [0.15, 0.2) is 59.8 Å². The summed E-state index contributed by atoms with van der Waals surface area (Å²) in [7, 11) is 0. The molecule has 0 aliphatic carbocycles. The van der Waals surface area contributed by atoms with E-state index in [1.165, 1.54) is 0 Å². The maximum absolute atomic E-state index is 6.34. The van der Waals surface area contributed by atoms with Crippen LogP contribution < -0.4 is 4.74 Å². The van der Waals surface area contributed by atoms with Gasteiger partial charge in [0.15, 0.2) is 0 Å².